The number of carbonyl (C=O) groups excluding carboxylic acids is 1. The largest absolute Gasteiger partial charge is 0.454 e. The summed E-state index contributed by atoms with van der Waals surface area (Å²) in [4.78, 5) is 14.8. The van der Waals surface area contributed by atoms with Crippen LogP contribution in [0.2, 0.25) is 0 Å². The number of fused-ring (bicyclic) bond motifs is 2. The Hall–Kier alpha value is -3.53. The van der Waals surface area contributed by atoms with E-state index in [9.17, 15) is 13.6 Å². The van der Waals surface area contributed by atoms with Crippen LogP contribution in [0.4, 0.5) is 8.78 Å². The van der Waals surface area contributed by atoms with Gasteiger partial charge in [-0.15, -0.1) is 10.2 Å². The summed E-state index contributed by atoms with van der Waals surface area (Å²) in [5, 5.41) is 11.3. The highest BCUT2D eigenvalue weighted by atomic mass is 19.1. The number of nitrogens with one attached hydrogen (secondary N) is 1. The second kappa shape index (κ2) is 8.78. The molecule has 3 aromatic rings. The van der Waals surface area contributed by atoms with E-state index in [2.05, 4.69) is 20.4 Å². The number of carbonyl (C=O) groups is 1. The summed E-state index contributed by atoms with van der Waals surface area (Å²) in [6.07, 6.45) is 0.705. The fourth-order valence-electron chi connectivity index (χ4n) is 4.18. The van der Waals surface area contributed by atoms with Gasteiger partial charge >= 0.3 is 0 Å². The molecule has 33 heavy (non-hydrogen) atoms. The first-order valence-electron chi connectivity index (χ1n) is 10.8. The Morgan fingerprint density at radius 3 is 2.82 bits per heavy atom. The van der Waals surface area contributed by atoms with Crippen LogP contribution < -0.4 is 14.8 Å². The van der Waals surface area contributed by atoms with Crippen molar-refractivity contribution in [2.24, 2.45) is 0 Å². The molecule has 0 bridgehead atoms. The summed E-state index contributed by atoms with van der Waals surface area (Å²) >= 11 is 0. The van der Waals surface area contributed by atoms with Crippen molar-refractivity contribution in [3.05, 3.63) is 70.8 Å². The molecular weight excluding hydrogens is 432 g/mol. The topological polar surface area (TPSA) is 81.5 Å². The lowest BCUT2D eigenvalue weighted by Gasteiger charge is -2.20. The highest BCUT2D eigenvalue weighted by molar-refractivity contribution is 5.94. The molecule has 3 heterocycles. The lowest BCUT2D eigenvalue weighted by atomic mass is 10.1. The number of hydrogen-bond acceptors (Lipinski definition) is 6. The van der Waals surface area contributed by atoms with Crippen LogP contribution in [0.5, 0.6) is 11.5 Å². The van der Waals surface area contributed by atoms with Gasteiger partial charge in [0.1, 0.15) is 17.5 Å². The molecule has 2 aliphatic rings. The van der Waals surface area contributed by atoms with Crippen molar-refractivity contribution in [1.29, 1.82) is 0 Å². The highest BCUT2D eigenvalue weighted by Crippen LogP contribution is 2.33. The van der Waals surface area contributed by atoms with E-state index in [1.54, 1.807) is 6.92 Å². The van der Waals surface area contributed by atoms with Crippen molar-refractivity contribution in [3.63, 3.8) is 0 Å². The molecule has 1 atom stereocenters. The molecule has 1 aromatic heterocycles. The van der Waals surface area contributed by atoms with Gasteiger partial charge in [-0.3, -0.25) is 9.69 Å². The Labute approximate surface area is 189 Å². The summed E-state index contributed by atoms with van der Waals surface area (Å²) in [5.41, 5.74) is 0.794. The molecule has 8 nitrogen and oxygen atoms in total. The molecular formula is C23H23F2N5O3. The molecule has 0 aliphatic carbocycles. The lowest BCUT2D eigenvalue weighted by molar-refractivity contribution is 0.0932. The lowest BCUT2D eigenvalue weighted by Crippen LogP contribution is -2.30. The first kappa shape index (κ1) is 21.3. The number of ether oxygens (including phenoxy) is 2. The summed E-state index contributed by atoms with van der Waals surface area (Å²) < 4.78 is 40.2. The van der Waals surface area contributed by atoms with E-state index in [0.29, 0.717) is 18.8 Å². The normalized spacial score (nSPS) is 16.2. The molecule has 0 saturated heterocycles. The molecule has 0 spiro atoms. The first-order chi connectivity index (χ1) is 16.0. The number of benzene rings is 2. The number of hydrogen-bond donors (Lipinski definition) is 1. The molecule has 1 unspecified atom stereocenters. The predicted octanol–water partition coefficient (Wildman–Crippen LogP) is 2.83. The molecule has 5 rings (SSSR count). The summed E-state index contributed by atoms with van der Waals surface area (Å²) in [6, 6.07) is 8.23. The Balaban J connectivity index is 1.25. The van der Waals surface area contributed by atoms with Crippen LogP contribution in [-0.4, -0.2) is 45.5 Å². The quantitative estimate of drug-likeness (QED) is 0.637. The summed E-state index contributed by atoms with van der Waals surface area (Å²) in [5.74, 6) is 0.792. The zero-order valence-corrected chi connectivity index (χ0v) is 18.1. The average molecular weight is 455 g/mol. The van der Waals surface area contributed by atoms with Gasteiger partial charge in [0.15, 0.2) is 17.3 Å². The van der Waals surface area contributed by atoms with Gasteiger partial charge in [0, 0.05) is 32.6 Å². The molecule has 1 N–H and O–H groups in total. The fourth-order valence-corrected chi connectivity index (χ4v) is 4.18. The van der Waals surface area contributed by atoms with Crippen LogP contribution in [0.15, 0.2) is 36.4 Å². The van der Waals surface area contributed by atoms with E-state index >= 15 is 0 Å². The average Bonchev–Trinajstić information content (AvgIpc) is 3.38. The van der Waals surface area contributed by atoms with Crippen molar-refractivity contribution >= 4 is 5.91 Å². The molecule has 0 fully saturated rings. The molecule has 2 aromatic carbocycles. The van der Waals surface area contributed by atoms with E-state index < -0.39 is 23.6 Å². The minimum absolute atomic E-state index is 0.250. The zero-order valence-electron chi connectivity index (χ0n) is 18.1. The molecule has 172 valence electrons. The van der Waals surface area contributed by atoms with Gasteiger partial charge in [-0.2, -0.15) is 0 Å². The molecule has 1 amide bonds. The van der Waals surface area contributed by atoms with E-state index in [0.717, 1.165) is 60.7 Å². The van der Waals surface area contributed by atoms with Crippen LogP contribution in [0.1, 0.15) is 40.5 Å². The van der Waals surface area contributed by atoms with Gasteiger partial charge in [-0.1, -0.05) is 6.07 Å². The fraction of sp³-hybridized carbons (Fsp3) is 0.348. The molecule has 2 aliphatic heterocycles. The van der Waals surface area contributed by atoms with Gasteiger partial charge < -0.3 is 19.4 Å². The maximum Gasteiger partial charge on any atom is 0.254 e. The van der Waals surface area contributed by atoms with E-state index in [1.807, 2.05) is 22.8 Å². The van der Waals surface area contributed by atoms with Crippen molar-refractivity contribution in [3.8, 4) is 11.5 Å². The van der Waals surface area contributed by atoms with Gasteiger partial charge in [-0.25, -0.2) is 8.78 Å². The summed E-state index contributed by atoms with van der Waals surface area (Å²) in [7, 11) is 0. The second-order valence-corrected chi connectivity index (χ2v) is 8.16. The Kier molecular flexibility index (Phi) is 5.67. The third kappa shape index (κ3) is 4.38. The van der Waals surface area contributed by atoms with Crippen LogP contribution in [0, 0.1) is 11.6 Å². The Morgan fingerprint density at radius 2 is 1.94 bits per heavy atom. The predicted molar refractivity (Wildman–Crippen MR) is 114 cm³/mol. The molecule has 10 heteroatoms. The van der Waals surface area contributed by atoms with Crippen LogP contribution >= 0.6 is 0 Å². The van der Waals surface area contributed by atoms with Gasteiger partial charge in [0.05, 0.1) is 11.6 Å². The van der Waals surface area contributed by atoms with Crippen LogP contribution in [0.25, 0.3) is 0 Å². The van der Waals surface area contributed by atoms with E-state index in [4.69, 9.17) is 9.47 Å². The number of aromatic nitrogens is 3. The van der Waals surface area contributed by atoms with Crippen LogP contribution in [-0.2, 0) is 19.5 Å². The molecule has 0 radical (unpaired) electrons. The molecule has 0 saturated carbocycles. The van der Waals surface area contributed by atoms with Crippen molar-refractivity contribution in [2.75, 3.05) is 19.9 Å². The maximum absolute atomic E-state index is 14.0. The van der Waals surface area contributed by atoms with E-state index in [-0.39, 0.29) is 12.4 Å². The minimum atomic E-state index is -0.777. The number of halogens is 2. The van der Waals surface area contributed by atoms with Crippen molar-refractivity contribution in [1.82, 2.24) is 25.0 Å². The van der Waals surface area contributed by atoms with E-state index in [1.165, 1.54) is 0 Å². The number of nitrogens with zero attached hydrogens (tertiary/aromatic N) is 4. The highest BCUT2D eigenvalue weighted by Gasteiger charge is 2.24. The minimum Gasteiger partial charge on any atom is -0.454 e. The third-order valence-corrected chi connectivity index (χ3v) is 5.90. The Bertz CT molecular complexity index is 1200. The Morgan fingerprint density at radius 1 is 1.09 bits per heavy atom. The van der Waals surface area contributed by atoms with Crippen molar-refractivity contribution < 1.29 is 23.0 Å². The number of amides is 1. The van der Waals surface area contributed by atoms with Gasteiger partial charge in [0.2, 0.25) is 6.79 Å². The van der Waals surface area contributed by atoms with Gasteiger partial charge in [-0.05, 0) is 42.8 Å². The third-order valence-electron chi connectivity index (χ3n) is 5.90. The maximum atomic E-state index is 14.0. The number of rotatable bonds is 5. The van der Waals surface area contributed by atoms with Crippen molar-refractivity contribution in [2.45, 2.75) is 32.5 Å². The standard InChI is InChI=1S/C23H23F2N5O3/c1-14(26-23(31)17-11-16(24)3-4-18(17)25)22-28-27-21-6-7-29(8-9-30(21)22)12-15-2-5-19-20(10-15)33-13-32-19/h2-5,10-11,14H,6-9,12-13H2,1H3,(H,26,31). The second-order valence-electron chi connectivity index (χ2n) is 8.16. The summed E-state index contributed by atoms with van der Waals surface area (Å²) in [6.45, 7) is 4.99. The van der Waals surface area contributed by atoms with Crippen LogP contribution in [0.3, 0.4) is 0 Å². The smallest absolute Gasteiger partial charge is 0.254 e. The SMILES string of the molecule is CC(NC(=O)c1cc(F)ccc1F)c1nnc2n1CCN(Cc1ccc3c(c1)OCO3)CC2. The zero-order chi connectivity index (χ0) is 22.9. The van der Waals surface area contributed by atoms with Gasteiger partial charge in [0.25, 0.3) is 5.91 Å². The first-order valence-corrected chi connectivity index (χ1v) is 10.8. The monoisotopic (exact) mass is 455 g/mol.